The van der Waals surface area contributed by atoms with Crippen molar-refractivity contribution in [3.8, 4) is 5.75 Å². The summed E-state index contributed by atoms with van der Waals surface area (Å²) in [6.07, 6.45) is 4.81. The molecule has 56 heavy (non-hydrogen) atoms. The van der Waals surface area contributed by atoms with Crippen molar-refractivity contribution in [2.24, 2.45) is 52.0 Å². The van der Waals surface area contributed by atoms with Gasteiger partial charge in [-0.3, -0.25) is 24.0 Å². The van der Waals surface area contributed by atoms with Crippen molar-refractivity contribution in [1.82, 2.24) is 10.3 Å². The van der Waals surface area contributed by atoms with Crippen LogP contribution in [0, 0.1) is 29.1 Å². The van der Waals surface area contributed by atoms with Crippen LogP contribution in [0.5, 0.6) is 5.75 Å². The number of aliphatic hydroxyl groups is 1. The maximum absolute atomic E-state index is 15.0. The number of amides is 2. The number of hydrogen-bond donors (Lipinski definition) is 6. The van der Waals surface area contributed by atoms with Gasteiger partial charge in [0, 0.05) is 29.0 Å². The summed E-state index contributed by atoms with van der Waals surface area (Å²) in [6, 6.07) is 4.49. The van der Waals surface area contributed by atoms with Crippen LogP contribution in [-0.2, 0) is 37.7 Å². The van der Waals surface area contributed by atoms with Gasteiger partial charge >= 0.3 is 0 Å². The number of carbonyl (C=O) groups is 5. The third kappa shape index (κ3) is 6.59. The number of allylic oxidation sites excluding steroid dienone is 1. The molecule has 1 aliphatic heterocycles. The zero-order valence-electron chi connectivity index (χ0n) is 33.2. The van der Waals surface area contributed by atoms with Crippen molar-refractivity contribution in [3.63, 3.8) is 0 Å². The molecule has 0 bridgehead atoms. The van der Waals surface area contributed by atoms with E-state index in [-0.39, 0.29) is 42.2 Å². The first-order valence-corrected chi connectivity index (χ1v) is 20.2. The van der Waals surface area contributed by atoms with Crippen LogP contribution in [0.15, 0.2) is 30.3 Å². The fraction of sp³-hybridized carbons (Fsp3) is 0.581. The van der Waals surface area contributed by atoms with Gasteiger partial charge < -0.3 is 38.1 Å². The summed E-state index contributed by atoms with van der Waals surface area (Å²) in [6.45, 7) is 8.87. The topological polar surface area (TPSA) is 244 Å². The highest BCUT2D eigenvalue weighted by Crippen LogP contribution is 2.69. The fourth-order valence-corrected chi connectivity index (χ4v) is 9.80. The van der Waals surface area contributed by atoms with E-state index in [2.05, 4.69) is 17.5 Å². The standard InChI is InChI=1S/C43H58N6O7/c1-6-22(4)35(46)41(55)48-20-30-38-34-33(28-17-16-24-12-10-11-15-27(24)43(28,34)56-38)36(49-30)37(53)26(21(2)3)18-31(51)39(47)42(23(5)50,25-13-8-7-9-14-25)40(54)29(44)19-32(45)52/h10-12,15,17,21-22,25-26,29,31,35,39,51H,6-9,13-14,16,18-20,44,46-47H2,1-5H3,(H2,45,52)(H,48,55)/t22-,26?,29-,31?,35-,39?,42?,43?/m0/s1. The minimum Gasteiger partial charge on any atom is -0.470 e. The molecule has 3 aliphatic carbocycles. The number of nitrogens with two attached hydrogens (primary N) is 4. The van der Waals surface area contributed by atoms with Crippen LogP contribution in [0.1, 0.15) is 124 Å². The molecule has 0 saturated heterocycles. The van der Waals surface area contributed by atoms with Gasteiger partial charge in [0.2, 0.25) is 11.8 Å². The minimum atomic E-state index is -1.89. The normalized spacial score (nSPS) is 22.4. The molecule has 1 aromatic heterocycles. The van der Waals surface area contributed by atoms with E-state index >= 15 is 0 Å². The molecule has 1 fully saturated rings. The number of aliphatic hydroxyl groups excluding tert-OH is 1. The van der Waals surface area contributed by atoms with E-state index in [0.29, 0.717) is 36.3 Å². The number of pyridine rings is 1. The summed E-state index contributed by atoms with van der Waals surface area (Å²) >= 11 is 0. The summed E-state index contributed by atoms with van der Waals surface area (Å²) < 4.78 is 6.61. The van der Waals surface area contributed by atoms with Crippen molar-refractivity contribution < 1.29 is 33.8 Å². The molecular formula is C43H58N6O7. The second-order valence-corrected chi connectivity index (χ2v) is 16.8. The highest BCUT2D eigenvalue weighted by Gasteiger charge is 2.65. The van der Waals surface area contributed by atoms with Crippen molar-refractivity contribution in [3.05, 3.63) is 64.0 Å². The van der Waals surface area contributed by atoms with Gasteiger partial charge in [-0.1, -0.05) is 83.7 Å². The van der Waals surface area contributed by atoms with E-state index in [1.807, 2.05) is 45.9 Å². The average molecular weight is 771 g/mol. The number of ether oxygens (including phenoxy) is 1. The second kappa shape index (κ2) is 15.9. The zero-order valence-corrected chi connectivity index (χ0v) is 33.2. The lowest BCUT2D eigenvalue weighted by Gasteiger charge is -2.57. The molecule has 2 aromatic rings. The van der Waals surface area contributed by atoms with Crippen LogP contribution >= 0.6 is 0 Å². The van der Waals surface area contributed by atoms with Gasteiger partial charge in [0.25, 0.3) is 0 Å². The van der Waals surface area contributed by atoms with Gasteiger partial charge in [-0.2, -0.15) is 0 Å². The SMILES string of the molecule is CC[C@H](C)[C@H](N)C(=O)NCc1nc(C(=O)C(CC(O)C(N)C(C(C)=O)(C(=O)[C@@H](N)CC(N)=O)C2CCCCC2)C(C)C)c2c3c1OC31C2=CCc2ccccc21. The molecular weight excluding hydrogens is 713 g/mol. The smallest absolute Gasteiger partial charge is 0.237 e. The molecule has 4 aliphatic rings. The number of aromatic nitrogens is 1. The van der Waals surface area contributed by atoms with Crippen molar-refractivity contribution in [1.29, 1.82) is 0 Å². The monoisotopic (exact) mass is 770 g/mol. The zero-order chi connectivity index (χ0) is 40.9. The summed E-state index contributed by atoms with van der Waals surface area (Å²) in [5.74, 6) is -3.90. The highest BCUT2D eigenvalue weighted by molar-refractivity contribution is 6.11. The third-order valence-corrected chi connectivity index (χ3v) is 13.2. The predicted molar refractivity (Wildman–Crippen MR) is 211 cm³/mol. The van der Waals surface area contributed by atoms with Crippen molar-refractivity contribution in [2.45, 2.75) is 129 Å². The Labute approximate surface area is 328 Å². The van der Waals surface area contributed by atoms with Gasteiger partial charge in [0.1, 0.15) is 22.6 Å². The summed E-state index contributed by atoms with van der Waals surface area (Å²) in [5.41, 5.74) is 27.1. The van der Waals surface area contributed by atoms with E-state index in [9.17, 15) is 29.1 Å². The van der Waals surface area contributed by atoms with Crippen molar-refractivity contribution in [2.75, 3.05) is 0 Å². The summed E-state index contributed by atoms with van der Waals surface area (Å²) in [7, 11) is 0. The predicted octanol–water partition coefficient (Wildman–Crippen LogP) is 3.12. The Hall–Kier alpha value is -4.30. The molecule has 13 heteroatoms. The molecule has 5 unspecified atom stereocenters. The molecule has 1 spiro atoms. The summed E-state index contributed by atoms with van der Waals surface area (Å²) in [4.78, 5) is 72.9. The Bertz CT molecular complexity index is 1960. The maximum Gasteiger partial charge on any atom is 0.237 e. The van der Waals surface area contributed by atoms with E-state index < -0.39 is 71.0 Å². The van der Waals surface area contributed by atoms with Gasteiger partial charge in [0.15, 0.2) is 22.9 Å². The first kappa shape index (κ1) is 41.3. The number of nitrogens with one attached hydrogen (secondary N) is 1. The Morgan fingerprint density at radius 3 is 2.36 bits per heavy atom. The number of rotatable bonds is 18. The third-order valence-electron chi connectivity index (χ3n) is 13.2. The van der Waals surface area contributed by atoms with Crippen LogP contribution < -0.4 is 33.0 Å². The number of nitrogens with zero attached hydrogens (tertiary/aromatic N) is 1. The largest absolute Gasteiger partial charge is 0.470 e. The lowest BCUT2D eigenvalue weighted by atomic mass is 9.57. The number of Topliss-reactive ketones (excluding diaryl/α,β-unsaturated/α-hetero) is 3. The lowest BCUT2D eigenvalue weighted by molar-refractivity contribution is -0.151. The van der Waals surface area contributed by atoms with Gasteiger partial charge in [0.05, 0.1) is 36.3 Å². The van der Waals surface area contributed by atoms with Crippen LogP contribution in [0.25, 0.3) is 5.57 Å². The highest BCUT2D eigenvalue weighted by atomic mass is 16.5. The number of benzene rings is 1. The molecule has 0 radical (unpaired) electrons. The lowest BCUT2D eigenvalue weighted by Crippen LogP contribution is -2.65. The second-order valence-electron chi connectivity index (χ2n) is 16.8. The molecule has 13 nitrogen and oxygen atoms in total. The summed E-state index contributed by atoms with van der Waals surface area (Å²) in [5, 5.41) is 14.9. The van der Waals surface area contributed by atoms with E-state index in [1.54, 1.807) is 0 Å². The van der Waals surface area contributed by atoms with Crippen LogP contribution in [-0.4, -0.2) is 63.5 Å². The number of hydrogen-bond acceptors (Lipinski definition) is 11. The molecule has 302 valence electrons. The van der Waals surface area contributed by atoms with Gasteiger partial charge in [-0.15, -0.1) is 0 Å². The molecule has 2 heterocycles. The van der Waals surface area contributed by atoms with Gasteiger partial charge in [-0.05, 0) is 55.9 Å². The number of carbonyl (C=O) groups excluding carboxylic acids is 5. The Balaban J connectivity index is 1.37. The quantitative estimate of drug-likeness (QED) is 0.0950. The maximum atomic E-state index is 15.0. The minimum absolute atomic E-state index is 0.0152. The van der Waals surface area contributed by atoms with Crippen LogP contribution in [0.4, 0.5) is 0 Å². The first-order valence-electron chi connectivity index (χ1n) is 20.2. The number of primary amides is 1. The Morgan fingerprint density at radius 2 is 1.73 bits per heavy atom. The number of ketones is 3. The molecule has 1 saturated carbocycles. The van der Waals surface area contributed by atoms with E-state index in [0.717, 1.165) is 47.9 Å². The average Bonchev–Trinajstić information content (AvgIpc) is 3.16. The molecule has 8 atom stereocenters. The molecule has 6 rings (SSSR count). The van der Waals surface area contributed by atoms with Crippen LogP contribution in [0.3, 0.4) is 0 Å². The van der Waals surface area contributed by atoms with Gasteiger partial charge in [-0.25, -0.2) is 4.98 Å². The number of fused-ring (bicyclic) bond motifs is 2. The fourth-order valence-electron chi connectivity index (χ4n) is 9.80. The molecule has 10 N–H and O–H groups in total. The molecule has 1 aromatic carbocycles. The molecule has 2 amide bonds. The van der Waals surface area contributed by atoms with E-state index in [4.69, 9.17) is 32.7 Å². The van der Waals surface area contributed by atoms with Crippen molar-refractivity contribution >= 4 is 34.7 Å². The van der Waals surface area contributed by atoms with Crippen LogP contribution in [0.2, 0.25) is 0 Å². The Kier molecular flexibility index (Phi) is 11.7. The Morgan fingerprint density at radius 1 is 1.05 bits per heavy atom. The van der Waals surface area contributed by atoms with E-state index in [1.165, 1.54) is 6.92 Å². The first-order chi connectivity index (χ1) is 26.5.